The molecule has 1 aliphatic rings. The van der Waals surface area contributed by atoms with Gasteiger partial charge in [0.2, 0.25) is 5.91 Å². The van der Waals surface area contributed by atoms with E-state index in [0.29, 0.717) is 49.8 Å². The van der Waals surface area contributed by atoms with Crippen molar-refractivity contribution in [1.29, 1.82) is 0 Å². The molecule has 1 aliphatic heterocycles. The monoisotopic (exact) mass is 415 g/mol. The summed E-state index contributed by atoms with van der Waals surface area (Å²) in [6.07, 6.45) is 0. The van der Waals surface area contributed by atoms with Gasteiger partial charge in [-0.3, -0.25) is 14.5 Å². The van der Waals surface area contributed by atoms with Crippen molar-refractivity contribution in [2.24, 2.45) is 0 Å². The third kappa shape index (κ3) is 5.49. The molecule has 1 fully saturated rings. The van der Waals surface area contributed by atoms with Crippen LogP contribution < -0.4 is 10.1 Å². The van der Waals surface area contributed by atoms with Crippen LogP contribution in [-0.4, -0.2) is 54.3 Å². The SMILES string of the molecule is O=C(CN1CCN(C(=O)c2ccccc2Oc2ccccc2)CC1)Nc1ccccc1. The number of amides is 2. The first kappa shape index (κ1) is 20.6. The van der Waals surface area contributed by atoms with E-state index in [-0.39, 0.29) is 11.8 Å². The highest BCUT2D eigenvalue weighted by Crippen LogP contribution is 2.26. The van der Waals surface area contributed by atoms with Crippen molar-refractivity contribution in [3.8, 4) is 11.5 Å². The van der Waals surface area contributed by atoms with Crippen molar-refractivity contribution in [3.05, 3.63) is 90.5 Å². The minimum absolute atomic E-state index is 0.0485. The standard InChI is InChI=1S/C25H25N3O3/c29-24(26-20-9-3-1-4-10-20)19-27-15-17-28(18-16-27)25(30)22-13-7-8-14-23(22)31-21-11-5-2-6-12-21/h1-14H,15-19H2,(H,26,29). The van der Waals surface area contributed by atoms with Gasteiger partial charge in [-0.05, 0) is 36.4 Å². The Bertz CT molecular complexity index is 1020. The van der Waals surface area contributed by atoms with Crippen LogP contribution in [0.15, 0.2) is 84.9 Å². The number of hydrogen-bond donors (Lipinski definition) is 1. The molecule has 1 saturated heterocycles. The molecule has 0 saturated carbocycles. The lowest BCUT2D eigenvalue weighted by Gasteiger charge is -2.34. The van der Waals surface area contributed by atoms with E-state index in [0.717, 1.165) is 5.69 Å². The Kier molecular flexibility index (Phi) is 6.59. The Morgan fingerprint density at radius 3 is 2.10 bits per heavy atom. The largest absolute Gasteiger partial charge is 0.457 e. The average molecular weight is 415 g/mol. The molecular formula is C25H25N3O3. The zero-order chi connectivity index (χ0) is 21.5. The zero-order valence-corrected chi connectivity index (χ0v) is 17.2. The highest BCUT2D eigenvalue weighted by Gasteiger charge is 2.25. The van der Waals surface area contributed by atoms with Gasteiger partial charge in [0, 0.05) is 31.9 Å². The number of rotatable bonds is 6. The van der Waals surface area contributed by atoms with Crippen molar-refractivity contribution < 1.29 is 14.3 Å². The van der Waals surface area contributed by atoms with Gasteiger partial charge in [0.15, 0.2) is 0 Å². The van der Waals surface area contributed by atoms with E-state index in [2.05, 4.69) is 10.2 Å². The molecule has 0 atom stereocenters. The number of para-hydroxylation sites is 3. The van der Waals surface area contributed by atoms with Crippen LogP contribution in [-0.2, 0) is 4.79 Å². The molecule has 1 N–H and O–H groups in total. The number of carbonyl (C=O) groups excluding carboxylic acids is 2. The summed E-state index contributed by atoms with van der Waals surface area (Å²) < 4.78 is 5.94. The highest BCUT2D eigenvalue weighted by molar-refractivity contribution is 5.97. The summed E-state index contributed by atoms with van der Waals surface area (Å²) in [6.45, 7) is 2.74. The highest BCUT2D eigenvalue weighted by atomic mass is 16.5. The predicted octanol–water partition coefficient (Wildman–Crippen LogP) is 3.88. The van der Waals surface area contributed by atoms with Crippen LogP contribution in [0, 0.1) is 0 Å². The Morgan fingerprint density at radius 1 is 0.774 bits per heavy atom. The predicted molar refractivity (Wildman–Crippen MR) is 120 cm³/mol. The summed E-state index contributed by atoms with van der Waals surface area (Å²) in [5, 5.41) is 2.90. The first-order valence-corrected chi connectivity index (χ1v) is 10.4. The molecule has 6 heteroatoms. The molecule has 1 heterocycles. The molecule has 2 amide bonds. The van der Waals surface area contributed by atoms with E-state index in [1.165, 1.54) is 0 Å². The van der Waals surface area contributed by atoms with Crippen LogP contribution >= 0.6 is 0 Å². The van der Waals surface area contributed by atoms with Gasteiger partial charge in [-0.15, -0.1) is 0 Å². The third-order valence-electron chi connectivity index (χ3n) is 5.17. The summed E-state index contributed by atoms with van der Waals surface area (Å²) in [7, 11) is 0. The smallest absolute Gasteiger partial charge is 0.257 e. The lowest BCUT2D eigenvalue weighted by Crippen LogP contribution is -2.50. The van der Waals surface area contributed by atoms with Crippen LogP contribution in [0.2, 0.25) is 0 Å². The van der Waals surface area contributed by atoms with Gasteiger partial charge in [-0.2, -0.15) is 0 Å². The van der Waals surface area contributed by atoms with Crippen LogP contribution in [0.25, 0.3) is 0 Å². The number of piperazine rings is 1. The van der Waals surface area contributed by atoms with Gasteiger partial charge in [-0.25, -0.2) is 0 Å². The fourth-order valence-corrected chi connectivity index (χ4v) is 3.55. The number of benzene rings is 3. The van der Waals surface area contributed by atoms with Crippen LogP contribution in [0.1, 0.15) is 10.4 Å². The normalized spacial score (nSPS) is 14.1. The Hall–Kier alpha value is -3.64. The second-order valence-corrected chi connectivity index (χ2v) is 7.39. The molecule has 4 rings (SSSR count). The second kappa shape index (κ2) is 9.91. The van der Waals surface area contributed by atoms with E-state index in [9.17, 15) is 9.59 Å². The molecule has 0 radical (unpaired) electrons. The number of hydrogen-bond acceptors (Lipinski definition) is 4. The Labute approximate surface area is 182 Å². The molecule has 158 valence electrons. The van der Waals surface area contributed by atoms with Crippen LogP contribution in [0.3, 0.4) is 0 Å². The van der Waals surface area contributed by atoms with Crippen molar-refractivity contribution >= 4 is 17.5 Å². The third-order valence-corrected chi connectivity index (χ3v) is 5.17. The van der Waals surface area contributed by atoms with Crippen LogP contribution in [0.4, 0.5) is 5.69 Å². The Balaban J connectivity index is 1.33. The molecule has 3 aromatic rings. The maximum atomic E-state index is 13.1. The summed E-state index contributed by atoms with van der Waals surface area (Å²) >= 11 is 0. The van der Waals surface area contributed by atoms with Gasteiger partial charge in [-0.1, -0.05) is 48.5 Å². The number of ether oxygens (including phenoxy) is 1. The van der Waals surface area contributed by atoms with E-state index in [4.69, 9.17) is 4.74 Å². The molecule has 0 bridgehead atoms. The van der Waals surface area contributed by atoms with Crippen LogP contribution in [0.5, 0.6) is 11.5 Å². The van der Waals surface area contributed by atoms with Gasteiger partial charge in [0.1, 0.15) is 11.5 Å². The lowest BCUT2D eigenvalue weighted by atomic mass is 10.1. The number of anilines is 1. The summed E-state index contributed by atoms with van der Waals surface area (Å²) in [6, 6.07) is 26.2. The van der Waals surface area contributed by atoms with E-state index < -0.39 is 0 Å². The molecular weight excluding hydrogens is 390 g/mol. The fourth-order valence-electron chi connectivity index (χ4n) is 3.55. The van der Waals surface area contributed by atoms with Crippen molar-refractivity contribution in [3.63, 3.8) is 0 Å². The van der Waals surface area contributed by atoms with Gasteiger partial charge in [0.25, 0.3) is 5.91 Å². The van der Waals surface area contributed by atoms with Crippen molar-refractivity contribution in [1.82, 2.24) is 9.80 Å². The molecule has 31 heavy (non-hydrogen) atoms. The maximum Gasteiger partial charge on any atom is 0.257 e. The minimum Gasteiger partial charge on any atom is -0.457 e. The van der Waals surface area contributed by atoms with Crippen molar-refractivity contribution in [2.75, 3.05) is 38.0 Å². The zero-order valence-electron chi connectivity index (χ0n) is 17.2. The fraction of sp³-hybridized carbons (Fsp3) is 0.200. The molecule has 0 aromatic heterocycles. The van der Waals surface area contributed by atoms with Gasteiger partial charge < -0.3 is 15.0 Å². The van der Waals surface area contributed by atoms with Gasteiger partial charge >= 0.3 is 0 Å². The molecule has 0 spiro atoms. The number of carbonyl (C=O) groups is 2. The molecule has 0 aliphatic carbocycles. The maximum absolute atomic E-state index is 13.1. The average Bonchev–Trinajstić information content (AvgIpc) is 2.81. The molecule has 0 unspecified atom stereocenters. The minimum atomic E-state index is -0.0556. The molecule has 6 nitrogen and oxygen atoms in total. The van der Waals surface area contributed by atoms with Crippen molar-refractivity contribution in [2.45, 2.75) is 0 Å². The summed E-state index contributed by atoms with van der Waals surface area (Å²) in [5.74, 6) is 1.13. The second-order valence-electron chi connectivity index (χ2n) is 7.39. The summed E-state index contributed by atoms with van der Waals surface area (Å²) in [4.78, 5) is 29.3. The van der Waals surface area contributed by atoms with E-state index in [1.807, 2.05) is 83.8 Å². The number of nitrogens with one attached hydrogen (secondary N) is 1. The topological polar surface area (TPSA) is 61.9 Å². The summed E-state index contributed by atoms with van der Waals surface area (Å²) in [5.41, 5.74) is 1.33. The Morgan fingerprint density at radius 2 is 1.39 bits per heavy atom. The van der Waals surface area contributed by atoms with E-state index in [1.54, 1.807) is 6.07 Å². The number of nitrogens with zero attached hydrogens (tertiary/aromatic N) is 2. The first-order valence-electron chi connectivity index (χ1n) is 10.4. The molecule has 3 aromatic carbocycles. The van der Waals surface area contributed by atoms with Gasteiger partial charge in [0.05, 0.1) is 12.1 Å². The first-order chi connectivity index (χ1) is 15.2. The quantitative estimate of drug-likeness (QED) is 0.664. The van der Waals surface area contributed by atoms with E-state index >= 15 is 0 Å². The lowest BCUT2D eigenvalue weighted by molar-refractivity contribution is -0.117.